The molecule has 5 heteroatoms. The van der Waals surface area contributed by atoms with E-state index in [0.717, 1.165) is 5.69 Å². The number of nitrogen functional groups attached to an aromatic ring is 1. The van der Waals surface area contributed by atoms with E-state index >= 15 is 0 Å². The van der Waals surface area contributed by atoms with E-state index < -0.39 is 0 Å². The van der Waals surface area contributed by atoms with E-state index in [0.29, 0.717) is 23.9 Å². The van der Waals surface area contributed by atoms with Gasteiger partial charge in [-0.05, 0) is 19.1 Å². The molecule has 0 bridgehead atoms. The molecule has 94 valence electrons. The van der Waals surface area contributed by atoms with E-state index in [1.165, 1.54) is 6.07 Å². The molecule has 0 saturated carbocycles. The first-order valence-electron chi connectivity index (χ1n) is 5.62. The third-order valence-electron chi connectivity index (χ3n) is 2.56. The molecule has 2 N–H and O–H groups in total. The van der Waals surface area contributed by atoms with Crippen molar-refractivity contribution in [3.8, 4) is 0 Å². The molecule has 18 heavy (non-hydrogen) atoms. The van der Waals surface area contributed by atoms with Crippen molar-refractivity contribution in [1.82, 2.24) is 9.97 Å². The molecule has 0 saturated heterocycles. The second kappa shape index (κ2) is 5.00. The normalized spacial score (nSPS) is 10.4. The zero-order valence-electron chi connectivity index (χ0n) is 10.4. The van der Waals surface area contributed by atoms with E-state index in [1.807, 2.05) is 6.92 Å². The van der Waals surface area contributed by atoms with Gasteiger partial charge in [0, 0.05) is 18.8 Å². The van der Waals surface area contributed by atoms with Gasteiger partial charge in [-0.3, -0.25) is 0 Å². The molecule has 0 aliphatic heterocycles. The van der Waals surface area contributed by atoms with Crippen LogP contribution >= 0.6 is 0 Å². The summed E-state index contributed by atoms with van der Waals surface area (Å²) in [5.74, 6) is 0.748. The molecule has 0 radical (unpaired) electrons. The van der Waals surface area contributed by atoms with Gasteiger partial charge >= 0.3 is 0 Å². The van der Waals surface area contributed by atoms with Crippen LogP contribution in [0.4, 0.5) is 15.9 Å². The van der Waals surface area contributed by atoms with Crippen LogP contribution in [0.1, 0.15) is 11.5 Å². The standard InChI is InChI=1S/C13H15FN4/c1-9-7-12(15)17-13(16-9)8-18(2)11-6-4-3-5-10(11)14/h3-7H,8H2,1-2H3,(H2,15,16,17). The van der Waals surface area contributed by atoms with Crippen molar-refractivity contribution in [2.45, 2.75) is 13.5 Å². The average Bonchev–Trinajstić information content (AvgIpc) is 2.27. The Balaban J connectivity index is 2.21. The Kier molecular flexibility index (Phi) is 3.41. The Bertz CT molecular complexity index is 536. The summed E-state index contributed by atoms with van der Waals surface area (Å²) in [7, 11) is 1.79. The summed E-state index contributed by atoms with van der Waals surface area (Å²) in [5, 5.41) is 0. The van der Waals surface area contributed by atoms with Gasteiger partial charge < -0.3 is 10.6 Å². The van der Waals surface area contributed by atoms with E-state index in [9.17, 15) is 4.39 Å². The Hall–Kier alpha value is -2.17. The highest BCUT2D eigenvalue weighted by atomic mass is 19.1. The molecule has 0 fully saturated rings. The average molecular weight is 246 g/mol. The summed E-state index contributed by atoms with van der Waals surface area (Å²) in [4.78, 5) is 10.2. The Morgan fingerprint density at radius 3 is 2.67 bits per heavy atom. The molecule has 0 atom stereocenters. The van der Waals surface area contributed by atoms with Crippen LogP contribution in [0, 0.1) is 12.7 Å². The predicted octanol–water partition coefficient (Wildman–Crippen LogP) is 2.14. The fourth-order valence-electron chi connectivity index (χ4n) is 1.79. The lowest BCUT2D eigenvalue weighted by molar-refractivity contribution is 0.621. The molecule has 1 aromatic heterocycles. The molecule has 2 rings (SSSR count). The number of aromatic nitrogens is 2. The van der Waals surface area contributed by atoms with Crippen molar-refractivity contribution in [2.75, 3.05) is 17.7 Å². The van der Waals surface area contributed by atoms with Crippen molar-refractivity contribution < 1.29 is 4.39 Å². The molecule has 2 aromatic rings. The Labute approximate surface area is 105 Å². The third kappa shape index (κ3) is 2.74. The van der Waals surface area contributed by atoms with Gasteiger partial charge in [0.25, 0.3) is 0 Å². The number of para-hydroxylation sites is 1. The maximum Gasteiger partial charge on any atom is 0.150 e. The second-order valence-corrected chi connectivity index (χ2v) is 4.16. The first kappa shape index (κ1) is 12.3. The number of benzene rings is 1. The topological polar surface area (TPSA) is 55.0 Å². The molecule has 1 heterocycles. The molecule has 0 spiro atoms. The number of hydrogen-bond acceptors (Lipinski definition) is 4. The van der Waals surface area contributed by atoms with E-state index in [4.69, 9.17) is 5.73 Å². The predicted molar refractivity (Wildman–Crippen MR) is 69.7 cm³/mol. The summed E-state index contributed by atoms with van der Waals surface area (Å²) < 4.78 is 13.6. The summed E-state index contributed by atoms with van der Waals surface area (Å²) in [6.45, 7) is 2.26. The largest absolute Gasteiger partial charge is 0.384 e. The fourth-order valence-corrected chi connectivity index (χ4v) is 1.79. The van der Waals surface area contributed by atoms with Crippen LogP contribution in [0.15, 0.2) is 30.3 Å². The molecule has 1 aromatic carbocycles. The van der Waals surface area contributed by atoms with E-state index in [1.54, 1.807) is 36.2 Å². The van der Waals surface area contributed by atoms with Crippen molar-refractivity contribution >= 4 is 11.5 Å². The zero-order chi connectivity index (χ0) is 13.1. The molecule has 0 amide bonds. The lowest BCUT2D eigenvalue weighted by Crippen LogP contribution is -2.20. The fraction of sp³-hybridized carbons (Fsp3) is 0.231. The molecular formula is C13H15FN4. The van der Waals surface area contributed by atoms with Crippen LogP contribution in [0.2, 0.25) is 0 Å². The van der Waals surface area contributed by atoms with E-state index in [-0.39, 0.29) is 5.82 Å². The highest BCUT2D eigenvalue weighted by molar-refractivity contribution is 5.46. The SMILES string of the molecule is Cc1cc(N)nc(CN(C)c2ccccc2F)n1. The van der Waals surface area contributed by atoms with Crippen LogP contribution in [0.25, 0.3) is 0 Å². The highest BCUT2D eigenvalue weighted by Gasteiger charge is 2.09. The number of halogens is 1. The maximum atomic E-state index is 13.6. The summed E-state index contributed by atoms with van der Waals surface area (Å²) in [5.41, 5.74) is 6.98. The van der Waals surface area contributed by atoms with Crippen molar-refractivity contribution in [2.24, 2.45) is 0 Å². The van der Waals surface area contributed by atoms with Gasteiger partial charge in [-0.25, -0.2) is 14.4 Å². The first-order chi connectivity index (χ1) is 8.56. The van der Waals surface area contributed by atoms with Crippen molar-refractivity contribution in [3.05, 3.63) is 47.7 Å². The smallest absolute Gasteiger partial charge is 0.150 e. The Morgan fingerprint density at radius 1 is 1.28 bits per heavy atom. The summed E-state index contributed by atoms with van der Waals surface area (Å²) >= 11 is 0. The van der Waals surface area contributed by atoms with Crippen molar-refractivity contribution in [1.29, 1.82) is 0 Å². The molecule has 0 aliphatic carbocycles. The number of nitrogens with zero attached hydrogens (tertiary/aromatic N) is 3. The zero-order valence-corrected chi connectivity index (χ0v) is 10.4. The first-order valence-corrected chi connectivity index (χ1v) is 5.62. The number of hydrogen-bond donors (Lipinski definition) is 1. The highest BCUT2D eigenvalue weighted by Crippen LogP contribution is 2.18. The third-order valence-corrected chi connectivity index (χ3v) is 2.56. The van der Waals surface area contributed by atoms with Gasteiger partial charge in [0.2, 0.25) is 0 Å². The lowest BCUT2D eigenvalue weighted by atomic mass is 10.3. The minimum atomic E-state index is -0.263. The van der Waals surface area contributed by atoms with Crippen LogP contribution in [-0.4, -0.2) is 17.0 Å². The van der Waals surface area contributed by atoms with Crippen LogP contribution in [-0.2, 0) is 6.54 Å². The minimum Gasteiger partial charge on any atom is -0.384 e. The number of rotatable bonds is 3. The second-order valence-electron chi connectivity index (χ2n) is 4.16. The number of aryl methyl sites for hydroxylation is 1. The maximum absolute atomic E-state index is 13.6. The minimum absolute atomic E-state index is 0.263. The van der Waals surface area contributed by atoms with Gasteiger partial charge in [-0.15, -0.1) is 0 Å². The van der Waals surface area contributed by atoms with Gasteiger partial charge in [0.1, 0.15) is 17.5 Å². The molecule has 4 nitrogen and oxygen atoms in total. The summed E-state index contributed by atoms with van der Waals surface area (Å²) in [6, 6.07) is 8.30. The van der Waals surface area contributed by atoms with Gasteiger partial charge in [0.05, 0.1) is 12.2 Å². The summed E-state index contributed by atoms with van der Waals surface area (Å²) in [6.07, 6.45) is 0. The molecule has 0 unspecified atom stereocenters. The van der Waals surface area contributed by atoms with E-state index in [2.05, 4.69) is 9.97 Å². The van der Waals surface area contributed by atoms with Crippen LogP contribution in [0.5, 0.6) is 0 Å². The van der Waals surface area contributed by atoms with Crippen LogP contribution in [0.3, 0.4) is 0 Å². The van der Waals surface area contributed by atoms with Crippen molar-refractivity contribution in [3.63, 3.8) is 0 Å². The quantitative estimate of drug-likeness (QED) is 0.901. The van der Waals surface area contributed by atoms with Gasteiger partial charge in [-0.1, -0.05) is 12.1 Å². The van der Waals surface area contributed by atoms with Crippen LogP contribution < -0.4 is 10.6 Å². The lowest BCUT2D eigenvalue weighted by Gasteiger charge is -2.19. The Morgan fingerprint density at radius 2 is 2.00 bits per heavy atom. The monoisotopic (exact) mass is 246 g/mol. The van der Waals surface area contributed by atoms with Gasteiger partial charge in [0.15, 0.2) is 0 Å². The van der Waals surface area contributed by atoms with Gasteiger partial charge in [-0.2, -0.15) is 0 Å². The number of anilines is 2. The number of nitrogens with two attached hydrogens (primary N) is 1. The molecule has 0 aliphatic rings. The molecular weight excluding hydrogens is 231 g/mol.